The van der Waals surface area contributed by atoms with Gasteiger partial charge in [-0.1, -0.05) is 12.1 Å². The number of nitrogens with one attached hydrogen (secondary N) is 1. The Morgan fingerprint density at radius 2 is 1.97 bits per heavy atom. The van der Waals surface area contributed by atoms with Gasteiger partial charge in [0.05, 0.1) is 39.0 Å². The molecule has 158 valence electrons. The smallest absolute Gasteiger partial charge is 0.224 e. The first-order valence-electron chi connectivity index (χ1n) is 10.0. The summed E-state index contributed by atoms with van der Waals surface area (Å²) in [7, 11) is 1.60. The van der Waals surface area contributed by atoms with Gasteiger partial charge in [0.2, 0.25) is 5.91 Å². The van der Waals surface area contributed by atoms with Crippen LogP contribution in [0.3, 0.4) is 0 Å². The molecule has 0 spiro atoms. The van der Waals surface area contributed by atoms with Crippen LogP contribution in [-0.4, -0.2) is 50.8 Å². The topological polar surface area (TPSA) is 63.9 Å². The van der Waals surface area contributed by atoms with E-state index in [1.807, 2.05) is 12.1 Å². The average molecular weight is 412 g/mol. The van der Waals surface area contributed by atoms with Gasteiger partial charge in [0.1, 0.15) is 17.1 Å². The third-order valence-corrected chi connectivity index (χ3v) is 5.45. The Hall–Kier alpha value is -2.90. The first-order chi connectivity index (χ1) is 14.6. The van der Waals surface area contributed by atoms with Crippen molar-refractivity contribution in [1.29, 1.82) is 0 Å². The molecule has 1 aliphatic rings. The molecule has 0 saturated carbocycles. The van der Waals surface area contributed by atoms with Crippen LogP contribution in [0.4, 0.5) is 4.39 Å². The number of rotatable bonds is 7. The van der Waals surface area contributed by atoms with Gasteiger partial charge < -0.3 is 19.2 Å². The van der Waals surface area contributed by atoms with E-state index in [1.54, 1.807) is 31.6 Å². The number of hydrogen-bond acceptors (Lipinski definition) is 5. The summed E-state index contributed by atoms with van der Waals surface area (Å²) in [4.78, 5) is 14.9. The number of nitrogens with zero attached hydrogens (tertiary/aromatic N) is 1. The van der Waals surface area contributed by atoms with E-state index in [-0.39, 0.29) is 24.2 Å². The van der Waals surface area contributed by atoms with Crippen LogP contribution in [0, 0.1) is 5.82 Å². The lowest BCUT2D eigenvalue weighted by Crippen LogP contribution is -2.44. The highest BCUT2D eigenvalue weighted by atomic mass is 19.1. The van der Waals surface area contributed by atoms with Gasteiger partial charge in [-0.2, -0.15) is 0 Å². The number of carbonyl (C=O) groups excluding carboxylic acids is 1. The normalized spacial score (nSPS) is 15.8. The molecule has 1 saturated heterocycles. The summed E-state index contributed by atoms with van der Waals surface area (Å²) < 4.78 is 29.6. The molecule has 1 N–H and O–H groups in total. The van der Waals surface area contributed by atoms with Crippen molar-refractivity contribution in [2.75, 3.05) is 40.0 Å². The molecule has 7 heteroatoms. The molecule has 2 aromatic carbocycles. The Bertz CT molecular complexity index is 996. The Morgan fingerprint density at radius 3 is 2.70 bits per heavy atom. The van der Waals surface area contributed by atoms with Crippen molar-refractivity contribution < 1.29 is 23.1 Å². The zero-order valence-electron chi connectivity index (χ0n) is 16.9. The summed E-state index contributed by atoms with van der Waals surface area (Å²) >= 11 is 0. The van der Waals surface area contributed by atoms with Crippen LogP contribution in [0.5, 0.6) is 5.75 Å². The van der Waals surface area contributed by atoms with Gasteiger partial charge in [0.25, 0.3) is 0 Å². The van der Waals surface area contributed by atoms with Crippen LogP contribution in [0.15, 0.2) is 53.1 Å². The lowest BCUT2D eigenvalue weighted by atomic mass is 10.0. The number of furan rings is 1. The molecule has 1 unspecified atom stereocenters. The fourth-order valence-electron chi connectivity index (χ4n) is 3.81. The molecule has 30 heavy (non-hydrogen) atoms. The van der Waals surface area contributed by atoms with Crippen LogP contribution in [0.1, 0.15) is 17.2 Å². The summed E-state index contributed by atoms with van der Waals surface area (Å²) in [6, 6.07) is 12.0. The van der Waals surface area contributed by atoms with E-state index in [1.165, 1.54) is 12.1 Å². The average Bonchev–Trinajstić information content (AvgIpc) is 3.17. The highest BCUT2D eigenvalue weighted by Crippen LogP contribution is 2.26. The summed E-state index contributed by atoms with van der Waals surface area (Å²) in [5, 5.41) is 3.93. The molecule has 2 heterocycles. The molecule has 1 aliphatic heterocycles. The lowest BCUT2D eigenvalue weighted by Gasteiger charge is -2.35. The second kappa shape index (κ2) is 9.28. The second-order valence-electron chi connectivity index (χ2n) is 7.32. The van der Waals surface area contributed by atoms with Gasteiger partial charge in [-0.05, 0) is 29.8 Å². The van der Waals surface area contributed by atoms with E-state index in [4.69, 9.17) is 13.9 Å². The Labute approximate surface area is 174 Å². The molecule has 1 amide bonds. The first-order valence-corrected chi connectivity index (χ1v) is 10.0. The molecule has 0 radical (unpaired) electrons. The summed E-state index contributed by atoms with van der Waals surface area (Å²) in [6.07, 6.45) is 1.84. The molecule has 6 nitrogen and oxygen atoms in total. The van der Waals surface area contributed by atoms with E-state index in [2.05, 4.69) is 10.2 Å². The van der Waals surface area contributed by atoms with E-state index < -0.39 is 0 Å². The minimum absolute atomic E-state index is 0.0381. The summed E-state index contributed by atoms with van der Waals surface area (Å²) in [6.45, 7) is 3.28. The van der Waals surface area contributed by atoms with Crippen LogP contribution < -0.4 is 10.1 Å². The molecule has 4 rings (SSSR count). The summed E-state index contributed by atoms with van der Waals surface area (Å²) in [5.41, 5.74) is 2.49. The molecule has 0 bridgehead atoms. The Balaban J connectivity index is 1.44. The zero-order chi connectivity index (χ0) is 20.9. The van der Waals surface area contributed by atoms with Gasteiger partial charge in [-0.15, -0.1) is 0 Å². The second-order valence-corrected chi connectivity index (χ2v) is 7.32. The van der Waals surface area contributed by atoms with E-state index >= 15 is 0 Å². The van der Waals surface area contributed by atoms with Crippen molar-refractivity contribution in [2.45, 2.75) is 12.5 Å². The number of amides is 1. The first kappa shape index (κ1) is 20.4. The third-order valence-electron chi connectivity index (χ3n) is 5.45. The number of fused-ring (bicyclic) bond motifs is 1. The minimum atomic E-state index is -0.271. The third kappa shape index (κ3) is 4.63. The van der Waals surface area contributed by atoms with Crippen molar-refractivity contribution in [2.24, 2.45) is 0 Å². The SMILES string of the molecule is COc1ccc2c(CC(=O)NCC(c3ccc(F)cc3)N3CCOCC3)coc2c1. The van der Waals surface area contributed by atoms with Crippen molar-refractivity contribution >= 4 is 16.9 Å². The maximum absolute atomic E-state index is 13.4. The molecular formula is C23H25FN2O4. The number of benzene rings is 2. The molecule has 1 aromatic heterocycles. The number of morpholine rings is 1. The fraction of sp³-hybridized carbons (Fsp3) is 0.348. The molecule has 1 atom stereocenters. The van der Waals surface area contributed by atoms with Crippen molar-refractivity contribution in [3.8, 4) is 5.75 Å². The molecule has 1 fully saturated rings. The fourth-order valence-corrected chi connectivity index (χ4v) is 3.81. The summed E-state index contributed by atoms with van der Waals surface area (Å²) in [5.74, 6) is 0.348. The monoisotopic (exact) mass is 412 g/mol. The standard InChI is InChI=1S/C23H25FN2O4/c1-28-19-6-7-20-17(15-30-22(20)13-19)12-23(27)25-14-21(26-8-10-29-11-9-26)16-2-4-18(24)5-3-16/h2-7,13,15,21H,8-12,14H2,1H3,(H,25,27). The predicted octanol–water partition coefficient (Wildman–Crippen LogP) is 3.31. The van der Waals surface area contributed by atoms with Crippen LogP contribution >= 0.6 is 0 Å². The minimum Gasteiger partial charge on any atom is -0.497 e. The van der Waals surface area contributed by atoms with Crippen molar-refractivity contribution in [3.05, 3.63) is 65.7 Å². The van der Waals surface area contributed by atoms with Crippen LogP contribution in [0.25, 0.3) is 11.0 Å². The van der Waals surface area contributed by atoms with Crippen LogP contribution in [0.2, 0.25) is 0 Å². The van der Waals surface area contributed by atoms with Gasteiger partial charge in [0.15, 0.2) is 0 Å². The molecule has 3 aromatic rings. The predicted molar refractivity (Wildman–Crippen MR) is 111 cm³/mol. The molecular weight excluding hydrogens is 387 g/mol. The largest absolute Gasteiger partial charge is 0.497 e. The van der Waals surface area contributed by atoms with Gasteiger partial charge in [-0.25, -0.2) is 4.39 Å². The number of hydrogen-bond donors (Lipinski definition) is 1. The number of ether oxygens (including phenoxy) is 2. The quantitative estimate of drug-likeness (QED) is 0.645. The number of halogens is 1. The highest BCUT2D eigenvalue weighted by Gasteiger charge is 2.23. The Kier molecular flexibility index (Phi) is 6.30. The van der Waals surface area contributed by atoms with E-state index in [0.29, 0.717) is 31.1 Å². The van der Waals surface area contributed by atoms with Gasteiger partial charge in [-0.3, -0.25) is 9.69 Å². The van der Waals surface area contributed by atoms with Gasteiger partial charge in [0, 0.05) is 36.7 Å². The Morgan fingerprint density at radius 1 is 1.20 bits per heavy atom. The number of methoxy groups -OCH3 is 1. The maximum Gasteiger partial charge on any atom is 0.224 e. The van der Waals surface area contributed by atoms with Crippen molar-refractivity contribution in [3.63, 3.8) is 0 Å². The lowest BCUT2D eigenvalue weighted by molar-refractivity contribution is -0.120. The zero-order valence-corrected chi connectivity index (χ0v) is 16.9. The maximum atomic E-state index is 13.4. The van der Waals surface area contributed by atoms with E-state index in [0.717, 1.165) is 29.6 Å². The van der Waals surface area contributed by atoms with E-state index in [9.17, 15) is 9.18 Å². The molecule has 0 aliphatic carbocycles. The van der Waals surface area contributed by atoms with Crippen molar-refractivity contribution in [1.82, 2.24) is 10.2 Å². The van der Waals surface area contributed by atoms with Gasteiger partial charge >= 0.3 is 0 Å². The number of carbonyl (C=O) groups is 1. The highest BCUT2D eigenvalue weighted by molar-refractivity contribution is 5.88. The van der Waals surface area contributed by atoms with Crippen LogP contribution in [-0.2, 0) is 16.0 Å².